The van der Waals surface area contributed by atoms with Crippen molar-refractivity contribution >= 4 is 33.5 Å². The standard InChI is InChI=1S/C9H11ClN4O5S/c1-13-8(5(10)2-12-13)20(18,19)14-4-7(15)11-3-6(14)9(16)17/h2,6H,3-4H2,1H3,(H,11,15)(H,16,17). The van der Waals surface area contributed by atoms with E-state index in [-0.39, 0.29) is 16.6 Å². The maximum atomic E-state index is 12.5. The van der Waals surface area contributed by atoms with Crippen LogP contribution in [-0.4, -0.2) is 58.6 Å². The zero-order chi connectivity index (χ0) is 15.1. The second-order valence-corrected chi connectivity index (χ2v) is 6.34. The first-order valence-electron chi connectivity index (χ1n) is 5.44. The highest BCUT2D eigenvalue weighted by molar-refractivity contribution is 7.89. The lowest BCUT2D eigenvalue weighted by Crippen LogP contribution is -2.59. The van der Waals surface area contributed by atoms with Crippen LogP contribution in [0.4, 0.5) is 0 Å². The average Bonchev–Trinajstić information content (AvgIpc) is 2.69. The van der Waals surface area contributed by atoms with Crippen LogP contribution in [0, 0.1) is 0 Å². The smallest absolute Gasteiger partial charge is 0.323 e. The van der Waals surface area contributed by atoms with Crippen molar-refractivity contribution in [3.8, 4) is 0 Å². The molecule has 1 aromatic rings. The zero-order valence-electron chi connectivity index (χ0n) is 10.3. The lowest BCUT2D eigenvalue weighted by atomic mass is 10.2. The second kappa shape index (κ2) is 5.04. The van der Waals surface area contributed by atoms with E-state index in [1.54, 1.807) is 0 Å². The number of nitrogens with one attached hydrogen (secondary N) is 1. The Bertz CT molecular complexity index is 650. The number of rotatable bonds is 3. The summed E-state index contributed by atoms with van der Waals surface area (Å²) in [6.45, 7) is -0.885. The van der Waals surface area contributed by atoms with E-state index >= 15 is 0 Å². The highest BCUT2D eigenvalue weighted by Gasteiger charge is 2.42. The van der Waals surface area contributed by atoms with Crippen molar-refractivity contribution in [2.45, 2.75) is 11.1 Å². The van der Waals surface area contributed by atoms with Crippen LogP contribution in [0.2, 0.25) is 5.02 Å². The number of carboxylic acids is 1. The molecular weight excluding hydrogens is 312 g/mol. The normalized spacial score (nSPS) is 20.7. The summed E-state index contributed by atoms with van der Waals surface area (Å²) in [7, 11) is -2.89. The Hall–Kier alpha value is -1.65. The van der Waals surface area contributed by atoms with Crippen molar-refractivity contribution in [3.05, 3.63) is 11.2 Å². The van der Waals surface area contributed by atoms with Gasteiger partial charge in [0.05, 0.1) is 17.8 Å². The van der Waals surface area contributed by atoms with Crippen LogP contribution in [0.1, 0.15) is 0 Å². The SMILES string of the molecule is Cn1ncc(Cl)c1S(=O)(=O)N1CC(=O)NCC1C(=O)O. The number of aryl methyl sites for hydroxylation is 1. The monoisotopic (exact) mass is 322 g/mol. The molecule has 1 fully saturated rings. The lowest BCUT2D eigenvalue weighted by molar-refractivity contribution is -0.143. The van der Waals surface area contributed by atoms with E-state index in [2.05, 4.69) is 10.4 Å². The first-order chi connectivity index (χ1) is 9.25. The van der Waals surface area contributed by atoms with E-state index in [1.807, 2.05) is 0 Å². The third kappa shape index (κ3) is 2.37. The summed E-state index contributed by atoms with van der Waals surface area (Å²) >= 11 is 5.78. The summed E-state index contributed by atoms with van der Waals surface area (Å²) in [5, 5.41) is 14.6. The molecule has 2 N–H and O–H groups in total. The van der Waals surface area contributed by atoms with Gasteiger partial charge in [-0.25, -0.2) is 8.42 Å². The molecule has 1 aromatic heterocycles. The zero-order valence-corrected chi connectivity index (χ0v) is 11.8. The largest absolute Gasteiger partial charge is 0.480 e. The first kappa shape index (κ1) is 14.8. The van der Waals surface area contributed by atoms with Gasteiger partial charge < -0.3 is 10.4 Å². The minimum Gasteiger partial charge on any atom is -0.480 e. The molecule has 1 unspecified atom stereocenters. The molecule has 1 aliphatic heterocycles. The quantitative estimate of drug-likeness (QED) is 0.709. The Morgan fingerprint density at radius 1 is 1.60 bits per heavy atom. The predicted molar refractivity (Wildman–Crippen MR) is 66.5 cm³/mol. The summed E-state index contributed by atoms with van der Waals surface area (Å²) in [4.78, 5) is 22.5. The van der Waals surface area contributed by atoms with E-state index in [1.165, 1.54) is 7.05 Å². The van der Waals surface area contributed by atoms with Gasteiger partial charge in [0.2, 0.25) is 5.91 Å². The van der Waals surface area contributed by atoms with Crippen molar-refractivity contribution in [3.63, 3.8) is 0 Å². The molecule has 0 saturated carbocycles. The lowest BCUT2D eigenvalue weighted by Gasteiger charge is -2.31. The molecule has 0 spiro atoms. The Morgan fingerprint density at radius 2 is 2.25 bits per heavy atom. The molecule has 2 rings (SSSR count). The molecule has 1 saturated heterocycles. The van der Waals surface area contributed by atoms with Gasteiger partial charge in [0.15, 0.2) is 5.03 Å². The summed E-state index contributed by atoms with van der Waals surface area (Å²) in [6, 6.07) is -1.39. The fourth-order valence-electron chi connectivity index (χ4n) is 1.88. The molecule has 0 bridgehead atoms. The molecule has 0 aliphatic carbocycles. The average molecular weight is 323 g/mol. The van der Waals surface area contributed by atoms with E-state index < -0.39 is 34.5 Å². The maximum absolute atomic E-state index is 12.5. The van der Waals surface area contributed by atoms with Gasteiger partial charge >= 0.3 is 5.97 Å². The predicted octanol–water partition coefficient (Wildman–Crippen LogP) is -1.35. The molecule has 11 heteroatoms. The second-order valence-electron chi connectivity index (χ2n) is 4.13. The third-order valence-corrected chi connectivity index (χ3v) is 5.18. The van der Waals surface area contributed by atoms with Crippen LogP contribution in [0.25, 0.3) is 0 Å². The fourth-order valence-corrected chi connectivity index (χ4v) is 4.03. The number of carbonyl (C=O) groups excluding carboxylic acids is 1. The molecule has 2 heterocycles. The van der Waals surface area contributed by atoms with Gasteiger partial charge in [0.1, 0.15) is 6.04 Å². The number of sulfonamides is 1. The number of halogens is 1. The molecule has 1 amide bonds. The van der Waals surface area contributed by atoms with Crippen LogP contribution in [-0.2, 0) is 26.7 Å². The minimum absolute atomic E-state index is 0.136. The van der Waals surface area contributed by atoms with Gasteiger partial charge in [0.25, 0.3) is 10.0 Å². The third-order valence-electron chi connectivity index (χ3n) is 2.82. The number of carboxylic acid groups (broad SMARTS) is 1. The number of nitrogens with zero attached hydrogens (tertiary/aromatic N) is 3. The highest BCUT2D eigenvalue weighted by Crippen LogP contribution is 2.25. The van der Waals surface area contributed by atoms with Gasteiger partial charge in [-0.05, 0) is 0 Å². The number of carbonyl (C=O) groups is 2. The minimum atomic E-state index is -4.25. The van der Waals surface area contributed by atoms with Crippen molar-refractivity contribution in [1.29, 1.82) is 0 Å². The molecule has 110 valence electrons. The first-order valence-corrected chi connectivity index (χ1v) is 7.26. The molecule has 9 nitrogen and oxygen atoms in total. The molecule has 0 aromatic carbocycles. The number of aromatic nitrogens is 2. The highest BCUT2D eigenvalue weighted by atomic mass is 35.5. The molecule has 20 heavy (non-hydrogen) atoms. The van der Waals surface area contributed by atoms with Crippen LogP contribution in [0.5, 0.6) is 0 Å². The van der Waals surface area contributed by atoms with Crippen molar-refractivity contribution in [2.24, 2.45) is 7.05 Å². The molecular formula is C9H11ClN4O5S. The Balaban J connectivity index is 2.50. The van der Waals surface area contributed by atoms with E-state index in [9.17, 15) is 18.0 Å². The van der Waals surface area contributed by atoms with Gasteiger partial charge in [0, 0.05) is 13.6 Å². The number of aliphatic carboxylic acids is 1. The van der Waals surface area contributed by atoms with Crippen molar-refractivity contribution in [2.75, 3.05) is 13.1 Å². The van der Waals surface area contributed by atoms with E-state index in [0.29, 0.717) is 4.31 Å². The number of hydrogen-bond donors (Lipinski definition) is 2. The van der Waals surface area contributed by atoms with Crippen molar-refractivity contribution in [1.82, 2.24) is 19.4 Å². The van der Waals surface area contributed by atoms with Crippen LogP contribution in [0.15, 0.2) is 11.2 Å². The molecule has 1 aliphatic rings. The fraction of sp³-hybridized carbons (Fsp3) is 0.444. The topological polar surface area (TPSA) is 122 Å². The van der Waals surface area contributed by atoms with Gasteiger partial charge in [-0.1, -0.05) is 11.6 Å². The molecule has 0 radical (unpaired) electrons. The van der Waals surface area contributed by atoms with Crippen molar-refractivity contribution < 1.29 is 23.1 Å². The summed E-state index contributed by atoms with van der Waals surface area (Å²) in [6.07, 6.45) is 1.13. The number of piperazine rings is 1. The van der Waals surface area contributed by atoms with Gasteiger partial charge in [-0.15, -0.1) is 0 Å². The summed E-state index contributed by atoms with van der Waals surface area (Å²) in [5.74, 6) is -1.93. The Morgan fingerprint density at radius 3 is 2.75 bits per heavy atom. The van der Waals surface area contributed by atoms with Crippen LogP contribution >= 0.6 is 11.6 Å². The van der Waals surface area contributed by atoms with Crippen LogP contribution < -0.4 is 5.32 Å². The Kier molecular flexibility index (Phi) is 3.71. The summed E-state index contributed by atoms with van der Waals surface area (Å²) < 4.78 is 26.6. The molecule has 1 atom stereocenters. The number of hydrogen-bond acceptors (Lipinski definition) is 5. The summed E-state index contributed by atoms with van der Waals surface area (Å²) in [5.41, 5.74) is 0. The van der Waals surface area contributed by atoms with Crippen LogP contribution in [0.3, 0.4) is 0 Å². The van der Waals surface area contributed by atoms with E-state index in [4.69, 9.17) is 16.7 Å². The maximum Gasteiger partial charge on any atom is 0.323 e. The van der Waals surface area contributed by atoms with E-state index in [0.717, 1.165) is 10.9 Å². The van der Waals surface area contributed by atoms with Gasteiger partial charge in [-0.2, -0.15) is 9.40 Å². The number of amides is 1. The Labute approximate surface area is 119 Å². The van der Waals surface area contributed by atoms with Gasteiger partial charge in [-0.3, -0.25) is 14.3 Å².